The average Bonchev–Trinajstić information content (AvgIpc) is 3.18. The van der Waals surface area contributed by atoms with Crippen LogP contribution >= 0.6 is 0 Å². The van der Waals surface area contributed by atoms with Crippen molar-refractivity contribution in [1.82, 2.24) is 4.98 Å². The van der Waals surface area contributed by atoms with Gasteiger partial charge in [0.2, 0.25) is 12.0 Å². The van der Waals surface area contributed by atoms with Crippen molar-refractivity contribution in [2.75, 3.05) is 7.11 Å². The van der Waals surface area contributed by atoms with Gasteiger partial charge >= 0.3 is 0 Å². The highest BCUT2D eigenvalue weighted by molar-refractivity contribution is 5.80. The summed E-state index contributed by atoms with van der Waals surface area (Å²) < 4.78 is 5.33. The quantitative estimate of drug-likeness (QED) is 0.612. The van der Waals surface area contributed by atoms with Crippen LogP contribution in [0.3, 0.4) is 0 Å². The van der Waals surface area contributed by atoms with Crippen LogP contribution in [0.5, 0.6) is 5.88 Å². The fourth-order valence-electron chi connectivity index (χ4n) is 2.23. The van der Waals surface area contributed by atoms with Gasteiger partial charge in [0.05, 0.1) is 12.6 Å². The van der Waals surface area contributed by atoms with Gasteiger partial charge < -0.3 is 4.74 Å². The first-order chi connectivity index (χ1) is 8.79. The summed E-state index contributed by atoms with van der Waals surface area (Å²) in [6.07, 6.45) is 3.35. The van der Waals surface area contributed by atoms with Crippen LogP contribution in [0.25, 0.3) is 10.9 Å². The Morgan fingerprint density at radius 3 is 2.83 bits per heavy atom. The molecule has 0 N–H and O–H groups in total. The van der Waals surface area contributed by atoms with Crippen LogP contribution in [0.4, 0.5) is 0 Å². The van der Waals surface area contributed by atoms with Gasteiger partial charge in [0.25, 0.3) is 0 Å². The summed E-state index contributed by atoms with van der Waals surface area (Å²) >= 11 is 0. The van der Waals surface area contributed by atoms with Crippen molar-refractivity contribution in [1.29, 1.82) is 0 Å². The molecule has 1 aromatic carbocycles. The van der Waals surface area contributed by atoms with Gasteiger partial charge in [-0.3, -0.25) is 0 Å². The zero-order valence-electron chi connectivity index (χ0n) is 10.0. The van der Waals surface area contributed by atoms with Crippen molar-refractivity contribution in [3.63, 3.8) is 0 Å². The molecule has 3 rings (SSSR count). The highest BCUT2D eigenvalue weighted by Gasteiger charge is 2.47. The Labute approximate surface area is 104 Å². The molecule has 0 atom stereocenters. The Hall–Kier alpha value is -2.19. The first-order valence-corrected chi connectivity index (χ1v) is 5.82. The molecule has 1 heterocycles. The van der Waals surface area contributed by atoms with E-state index in [-0.39, 0.29) is 0 Å². The summed E-state index contributed by atoms with van der Waals surface area (Å²) in [7, 11) is 1.58. The number of aromatic nitrogens is 1. The monoisotopic (exact) mass is 240 g/mol. The Balaban J connectivity index is 2.24. The van der Waals surface area contributed by atoms with E-state index in [1.807, 2.05) is 30.3 Å². The predicted molar refractivity (Wildman–Crippen MR) is 67.3 cm³/mol. The van der Waals surface area contributed by atoms with Crippen molar-refractivity contribution < 1.29 is 9.53 Å². The Kier molecular flexibility index (Phi) is 2.39. The van der Waals surface area contributed by atoms with Gasteiger partial charge in [0, 0.05) is 10.9 Å². The normalized spacial score (nSPS) is 16.1. The number of carbonyl (C=O) groups excluding carboxylic acids is 1. The zero-order valence-corrected chi connectivity index (χ0v) is 10.0. The van der Waals surface area contributed by atoms with Gasteiger partial charge in [0.1, 0.15) is 5.54 Å². The summed E-state index contributed by atoms with van der Waals surface area (Å²) in [4.78, 5) is 18.9. The Morgan fingerprint density at radius 1 is 1.39 bits per heavy atom. The largest absolute Gasteiger partial charge is 0.481 e. The lowest BCUT2D eigenvalue weighted by molar-refractivity contribution is 0.389. The number of nitrogens with zero attached hydrogens (tertiary/aromatic N) is 2. The van der Waals surface area contributed by atoms with Crippen molar-refractivity contribution in [3.8, 4) is 5.88 Å². The molecule has 1 fully saturated rings. The number of fused-ring (bicyclic) bond motifs is 1. The minimum absolute atomic E-state index is 0.454. The first-order valence-electron chi connectivity index (χ1n) is 5.82. The van der Waals surface area contributed by atoms with Crippen molar-refractivity contribution in [2.45, 2.75) is 18.4 Å². The fraction of sp³-hybridized carbons (Fsp3) is 0.286. The number of benzene rings is 1. The second-order valence-electron chi connectivity index (χ2n) is 4.47. The number of isocyanates is 1. The van der Waals surface area contributed by atoms with Gasteiger partial charge in [-0.25, -0.2) is 9.78 Å². The third-order valence-electron chi connectivity index (χ3n) is 3.37. The number of aliphatic imine (C=N–C) groups is 1. The molecule has 1 saturated carbocycles. The molecular formula is C14H12N2O2. The summed E-state index contributed by atoms with van der Waals surface area (Å²) in [5, 5.41) is 1.03. The molecule has 0 saturated heterocycles. The maximum Gasteiger partial charge on any atom is 0.235 e. The minimum Gasteiger partial charge on any atom is -0.481 e. The standard InChI is InChI=1S/C14H12N2O2/c1-18-13-11(14(6-7-14)15-9-17)8-10-4-2-3-5-12(10)16-13/h2-5,8H,6-7H2,1H3. The van der Waals surface area contributed by atoms with Crippen molar-refractivity contribution in [3.05, 3.63) is 35.9 Å². The molecule has 0 radical (unpaired) electrons. The highest BCUT2D eigenvalue weighted by Crippen LogP contribution is 2.52. The van der Waals surface area contributed by atoms with E-state index in [1.54, 1.807) is 13.2 Å². The molecule has 0 bridgehead atoms. The topological polar surface area (TPSA) is 51.6 Å². The second-order valence-corrected chi connectivity index (χ2v) is 4.47. The number of para-hydroxylation sites is 1. The molecule has 0 unspecified atom stereocenters. The van der Waals surface area contributed by atoms with E-state index in [0.29, 0.717) is 5.88 Å². The van der Waals surface area contributed by atoms with Gasteiger partial charge in [-0.2, -0.15) is 4.99 Å². The molecule has 2 aromatic rings. The Bertz CT molecular complexity index is 656. The number of rotatable bonds is 3. The lowest BCUT2D eigenvalue weighted by Crippen LogP contribution is -2.06. The van der Waals surface area contributed by atoms with Crippen LogP contribution in [-0.4, -0.2) is 18.2 Å². The minimum atomic E-state index is -0.454. The number of methoxy groups -OCH3 is 1. The van der Waals surface area contributed by atoms with E-state index < -0.39 is 5.54 Å². The SMILES string of the molecule is COc1nc2ccccc2cc1C1(N=C=O)CC1. The molecule has 0 amide bonds. The van der Waals surface area contributed by atoms with E-state index in [4.69, 9.17) is 4.74 Å². The van der Waals surface area contributed by atoms with Crippen molar-refractivity contribution in [2.24, 2.45) is 4.99 Å². The van der Waals surface area contributed by atoms with Crippen LogP contribution in [0.1, 0.15) is 18.4 Å². The number of hydrogen-bond donors (Lipinski definition) is 0. The summed E-state index contributed by atoms with van der Waals surface area (Å²) in [6, 6.07) is 9.83. The van der Waals surface area contributed by atoms with Crippen LogP contribution < -0.4 is 4.74 Å². The van der Waals surface area contributed by atoms with Gasteiger partial charge in [-0.05, 0) is 25.0 Å². The van der Waals surface area contributed by atoms with E-state index in [0.717, 1.165) is 29.3 Å². The van der Waals surface area contributed by atoms with E-state index in [1.165, 1.54) is 0 Å². The molecule has 90 valence electrons. The molecule has 0 spiro atoms. The van der Waals surface area contributed by atoms with E-state index in [9.17, 15) is 4.79 Å². The van der Waals surface area contributed by atoms with Crippen LogP contribution in [0.15, 0.2) is 35.3 Å². The fourth-order valence-corrected chi connectivity index (χ4v) is 2.23. The van der Waals surface area contributed by atoms with Crippen LogP contribution in [-0.2, 0) is 10.3 Å². The highest BCUT2D eigenvalue weighted by atomic mass is 16.5. The maximum atomic E-state index is 10.5. The molecule has 4 heteroatoms. The van der Waals surface area contributed by atoms with E-state index in [2.05, 4.69) is 9.98 Å². The summed E-state index contributed by atoms with van der Waals surface area (Å²) in [5.41, 5.74) is 1.31. The summed E-state index contributed by atoms with van der Waals surface area (Å²) in [5.74, 6) is 0.546. The van der Waals surface area contributed by atoms with Gasteiger partial charge in [0.15, 0.2) is 0 Å². The number of pyridine rings is 1. The number of ether oxygens (including phenoxy) is 1. The molecule has 18 heavy (non-hydrogen) atoms. The smallest absolute Gasteiger partial charge is 0.235 e. The van der Waals surface area contributed by atoms with Gasteiger partial charge in [-0.1, -0.05) is 18.2 Å². The lowest BCUT2D eigenvalue weighted by atomic mass is 10.0. The average molecular weight is 240 g/mol. The predicted octanol–water partition coefficient (Wildman–Crippen LogP) is 2.57. The van der Waals surface area contributed by atoms with Crippen LogP contribution in [0, 0.1) is 0 Å². The van der Waals surface area contributed by atoms with E-state index >= 15 is 0 Å². The zero-order chi connectivity index (χ0) is 12.6. The molecule has 4 nitrogen and oxygen atoms in total. The lowest BCUT2D eigenvalue weighted by Gasteiger charge is -2.13. The third-order valence-corrected chi connectivity index (χ3v) is 3.37. The molecule has 1 aliphatic carbocycles. The van der Waals surface area contributed by atoms with Crippen LogP contribution in [0.2, 0.25) is 0 Å². The second kappa shape index (κ2) is 3.93. The van der Waals surface area contributed by atoms with Crippen molar-refractivity contribution >= 4 is 17.0 Å². The van der Waals surface area contributed by atoms with Gasteiger partial charge in [-0.15, -0.1) is 0 Å². The molecule has 0 aliphatic heterocycles. The maximum absolute atomic E-state index is 10.5. The molecule has 1 aliphatic rings. The Morgan fingerprint density at radius 2 is 2.17 bits per heavy atom. The molecule has 1 aromatic heterocycles. The third kappa shape index (κ3) is 1.59. The first kappa shape index (κ1) is 10.9. The summed E-state index contributed by atoms with van der Waals surface area (Å²) in [6.45, 7) is 0. The molecular weight excluding hydrogens is 228 g/mol. The number of hydrogen-bond acceptors (Lipinski definition) is 4.